The average Bonchev–Trinajstić information content (AvgIpc) is 2.86. The Morgan fingerprint density at radius 1 is 1.17 bits per heavy atom. The topological polar surface area (TPSA) is 112 Å². The summed E-state index contributed by atoms with van der Waals surface area (Å²) in [6.07, 6.45) is 1.68. The minimum Gasteiger partial charge on any atom is -0.345 e. The number of nitrogens with one attached hydrogen (secondary N) is 2. The zero-order valence-electron chi connectivity index (χ0n) is 9.10. The van der Waals surface area contributed by atoms with E-state index in [1.165, 1.54) is 0 Å². The Hall–Kier alpha value is -3.30. The predicted molar refractivity (Wildman–Crippen MR) is 63.6 cm³/mol. The molecule has 0 amide bonds. The molecule has 0 aliphatic rings. The molecule has 0 aliphatic heterocycles. The number of aromatic amines is 1. The van der Waals surface area contributed by atoms with E-state index in [0.717, 1.165) is 10.9 Å². The van der Waals surface area contributed by atoms with Crippen LogP contribution in [-0.4, -0.2) is 10.2 Å². The van der Waals surface area contributed by atoms with Gasteiger partial charge < -0.3 is 5.32 Å². The second-order valence-electron chi connectivity index (χ2n) is 3.38. The Kier molecular flexibility index (Phi) is 2.92. The summed E-state index contributed by atoms with van der Waals surface area (Å²) >= 11 is 0. The fourth-order valence-electron chi connectivity index (χ4n) is 1.44. The number of nitrogens with zero attached hydrogens (tertiary/aromatic N) is 4. The van der Waals surface area contributed by atoms with Crippen molar-refractivity contribution in [1.29, 1.82) is 15.8 Å². The zero-order chi connectivity index (χ0) is 13.0. The van der Waals surface area contributed by atoms with Crippen molar-refractivity contribution in [3.8, 4) is 18.2 Å². The fourth-order valence-corrected chi connectivity index (χ4v) is 1.44. The Bertz CT molecular complexity index is 731. The molecule has 0 saturated carbocycles. The van der Waals surface area contributed by atoms with Gasteiger partial charge >= 0.3 is 0 Å². The number of rotatable bonds is 2. The van der Waals surface area contributed by atoms with Crippen molar-refractivity contribution in [3.05, 3.63) is 35.7 Å². The molecule has 2 rings (SSSR count). The molecule has 0 aliphatic carbocycles. The summed E-state index contributed by atoms with van der Waals surface area (Å²) in [5.74, 6) is 0. The van der Waals surface area contributed by atoms with Gasteiger partial charge in [-0.1, -0.05) is 0 Å². The molecule has 1 aromatic carbocycles. The van der Waals surface area contributed by atoms with Gasteiger partial charge in [-0.05, 0) is 18.2 Å². The second kappa shape index (κ2) is 4.69. The molecule has 0 fully saturated rings. The van der Waals surface area contributed by atoms with Gasteiger partial charge in [0, 0.05) is 11.1 Å². The Morgan fingerprint density at radius 2 is 1.94 bits per heavy atom. The quantitative estimate of drug-likeness (QED) is 0.769. The molecule has 2 N–H and O–H groups in total. The van der Waals surface area contributed by atoms with Gasteiger partial charge in [0.15, 0.2) is 5.57 Å². The third-order valence-corrected chi connectivity index (χ3v) is 2.30. The third kappa shape index (κ3) is 1.97. The van der Waals surface area contributed by atoms with E-state index < -0.39 is 0 Å². The lowest BCUT2D eigenvalue weighted by molar-refractivity contribution is 1.12. The van der Waals surface area contributed by atoms with Gasteiger partial charge in [0.25, 0.3) is 0 Å². The largest absolute Gasteiger partial charge is 0.345 e. The van der Waals surface area contributed by atoms with Crippen LogP contribution in [0.3, 0.4) is 0 Å². The number of hydrogen-bond donors (Lipinski definition) is 2. The molecule has 6 nitrogen and oxygen atoms in total. The SMILES string of the molecule is N#CC(C#N)=C(C#N)Nc1ccc2cn[nH]c2c1. The van der Waals surface area contributed by atoms with Crippen LogP contribution in [0.5, 0.6) is 0 Å². The number of allylic oxidation sites excluding steroid dienone is 2. The van der Waals surface area contributed by atoms with Gasteiger partial charge in [-0.15, -0.1) is 0 Å². The lowest BCUT2D eigenvalue weighted by atomic mass is 10.2. The van der Waals surface area contributed by atoms with Gasteiger partial charge in [-0.25, -0.2) is 0 Å². The normalized spacial score (nSPS) is 8.94. The van der Waals surface area contributed by atoms with Crippen LogP contribution >= 0.6 is 0 Å². The van der Waals surface area contributed by atoms with Crippen molar-refractivity contribution in [1.82, 2.24) is 10.2 Å². The summed E-state index contributed by atoms with van der Waals surface area (Å²) in [7, 11) is 0. The Balaban J connectivity index is 2.40. The summed E-state index contributed by atoms with van der Waals surface area (Å²) in [5.41, 5.74) is 1.08. The van der Waals surface area contributed by atoms with E-state index in [4.69, 9.17) is 15.8 Å². The molecule has 0 spiro atoms. The third-order valence-electron chi connectivity index (χ3n) is 2.30. The van der Waals surface area contributed by atoms with Crippen LogP contribution in [-0.2, 0) is 0 Å². The number of nitriles is 3. The van der Waals surface area contributed by atoms with Gasteiger partial charge in [0.2, 0.25) is 0 Å². The lowest BCUT2D eigenvalue weighted by Crippen LogP contribution is -2.00. The van der Waals surface area contributed by atoms with Crippen LogP contribution in [0.4, 0.5) is 5.69 Å². The minimum absolute atomic E-state index is 0.0705. The molecule has 0 bridgehead atoms. The first kappa shape index (κ1) is 11.2. The molecule has 0 unspecified atom stereocenters. The van der Waals surface area contributed by atoms with Crippen molar-refractivity contribution in [2.75, 3.05) is 5.32 Å². The molecular weight excluding hydrogens is 228 g/mol. The van der Waals surface area contributed by atoms with E-state index in [1.54, 1.807) is 36.5 Å². The molecule has 1 aromatic heterocycles. The first-order chi connectivity index (χ1) is 8.78. The number of benzene rings is 1. The predicted octanol–water partition coefficient (Wildman–Crippen LogP) is 1.80. The first-order valence-corrected chi connectivity index (χ1v) is 4.93. The monoisotopic (exact) mass is 234 g/mol. The molecule has 2 aromatic rings. The second-order valence-corrected chi connectivity index (χ2v) is 3.38. The summed E-state index contributed by atoms with van der Waals surface area (Å²) in [4.78, 5) is 0. The van der Waals surface area contributed by atoms with Gasteiger partial charge in [0.05, 0.1) is 11.7 Å². The van der Waals surface area contributed by atoms with Crippen molar-refractivity contribution >= 4 is 16.6 Å². The molecule has 0 radical (unpaired) electrons. The van der Waals surface area contributed by atoms with Crippen molar-refractivity contribution in [2.24, 2.45) is 0 Å². The molecule has 1 heterocycles. The summed E-state index contributed by atoms with van der Waals surface area (Å²) < 4.78 is 0. The Labute approximate surface area is 102 Å². The molecule has 84 valence electrons. The molecule has 0 atom stereocenters. The lowest BCUT2D eigenvalue weighted by Gasteiger charge is -2.04. The van der Waals surface area contributed by atoms with Crippen molar-refractivity contribution in [2.45, 2.75) is 0 Å². The number of aromatic nitrogens is 2. The van der Waals surface area contributed by atoms with Crippen LogP contribution in [0.25, 0.3) is 10.9 Å². The van der Waals surface area contributed by atoms with Crippen LogP contribution in [0.2, 0.25) is 0 Å². The molecule has 0 saturated heterocycles. The van der Waals surface area contributed by atoms with Crippen LogP contribution in [0, 0.1) is 34.0 Å². The smallest absolute Gasteiger partial charge is 0.163 e. The van der Waals surface area contributed by atoms with Gasteiger partial charge in [-0.2, -0.15) is 20.9 Å². The van der Waals surface area contributed by atoms with E-state index in [1.807, 2.05) is 6.07 Å². The van der Waals surface area contributed by atoms with Crippen LogP contribution in [0.1, 0.15) is 0 Å². The average molecular weight is 234 g/mol. The van der Waals surface area contributed by atoms with E-state index in [-0.39, 0.29) is 11.3 Å². The first-order valence-electron chi connectivity index (χ1n) is 4.93. The number of hydrogen-bond acceptors (Lipinski definition) is 5. The highest BCUT2D eigenvalue weighted by Crippen LogP contribution is 2.18. The van der Waals surface area contributed by atoms with Gasteiger partial charge in [-0.3, -0.25) is 5.10 Å². The van der Waals surface area contributed by atoms with Crippen LogP contribution in [0.15, 0.2) is 35.7 Å². The van der Waals surface area contributed by atoms with E-state index in [9.17, 15) is 0 Å². The van der Waals surface area contributed by atoms with E-state index >= 15 is 0 Å². The van der Waals surface area contributed by atoms with Crippen molar-refractivity contribution < 1.29 is 0 Å². The number of H-pyrrole nitrogens is 1. The maximum atomic E-state index is 8.90. The summed E-state index contributed by atoms with van der Waals surface area (Å²) in [5, 5.41) is 36.7. The van der Waals surface area contributed by atoms with E-state index in [0.29, 0.717) is 5.69 Å². The van der Waals surface area contributed by atoms with Crippen LogP contribution < -0.4 is 5.32 Å². The molecule has 6 heteroatoms. The number of fused-ring (bicyclic) bond motifs is 1. The fraction of sp³-hybridized carbons (Fsp3) is 0. The maximum Gasteiger partial charge on any atom is 0.163 e. The summed E-state index contributed by atoms with van der Waals surface area (Å²) in [6.45, 7) is 0. The highest BCUT2D eigenvalue weighted by molar-refractivity contribution is 5.82. The Morgan fingerprint density at radius 3 is 2.61 bits per heavy atom. The minimum atomic E-state index is -0.248. The molecule has 18 heavy (non-hydrogen) atoms. The van der Waals surface area contributed by atoms with E-state index in [2.05, 4.69) is 15.5 Å². The van der Waals surface area contributed by atoms with Crippen molar-refractivity contribution in [3.63, 3.8) is 0 Å². The van der Waals surface area contributed by atoms with Gasteiger partial charge in [0.1, 0.15) is 23.9 Å². The maximum absolute atomic E-state index is 8.90. The molecular formula is C12H6N6. The highest BCUT2D eigenvalue weighted by atomic mass is 15.1. The highest BCUT2D eigenvalue weighted by Gasteiger charge is 2.06. The summed E-state index contributed by atoms with van der Waals surface area (Å²) in [6, 6.07) is 10.4. The standard InChI is InChI=1S/C12H6N6/c13-4-9(5-14)12(6-15)17-10-2-1-8-7-16-18-11(8)3-10/h1-3,7,17H,(H,16,18). The number of anilines is 1. The zero-order valence-corrected chi connectivity index (χ0v) is 9.10.